The van der Waals surface area contributed by atoms with E-state index in [4.69, 9.17) is 0 Å². The first-order valence-corrected chi connectivity index (χ1v) is 9.98. The van der Waals surface area contributed by atoms with Crippen molar-refractivity contribution in [1.82, 2.24) is 39.2 Å². The molecular weight excluding hydrogens is 444 g/mol. The SMILES string of the molecule is Cn1nc(-c2c3c(nn2C)CN(C(=O)c2c(F)cnc4c2cnn4C)CC3)cc1C(F)(F)F. The fraction of sp³-hybridized carbons (Fsp3) is 0.350. The van der Waals surface area contributed by atoms with Gasteiger partial charge in [0.2, 0.25) is 0 Å². The van der Waals surface area contributed by atoms with Gasteiger partial charge in [-0.25, -0.2) is 9.37 Å². The Bertz CT molecular complexity index is 1410. The van der Waals surface area contributed by atoms with Crippen molar-refractivity contribution in [3.63, 3.8) is 0 Å². The molecule has 0 saturated heterocycles. The minimum atomic E-state index is -4.53. The highest BCUT2D eigenvalue weighted by Crippen LogP contribution is 2.35. The number of alkyl halides is 3. The summed E-state index contributed by atoms with van der Waals surface area (Å²) in [5.41, 5.74) is 1.26. The van der Waals surface area contributed by atoms with Crippen LogP contribution in [-0.2, 0) is 40.3 Å². The summed E-state index contributed by atoms with van der Waals surface area (Å²) in [7, 11) is 4.49. The van der Waals surface area contributed by atoms with E-state index in [1.165, 1.54) is 27.5 Å². The lowest BCUT2D eigenvalue weighted by Crippen LogP contribution is -2.36. The molecule has 0 atom stereocenters. The third kappa shape index (κ3) is 3.26. The molecule has 0 bridgehead atoms. The zero-order valence-corrected chi connectivity index (χ0v) is 17.9. The van der Waals surface area contributed by atoms with Crippen molar-refractivity contribution in [1.29, 1.82) is 0 Å². The highest BCUT2D eigenvalue weighted by atomic mass is 19.4. The first-order valence-electron chi connectivity index (χ1n) is 9.98. The summed E-state index contributed by atoms with van der Waals surface area (Å²) >= 11 is 0. The molecule has 172 valence electrons. The van der Waals surface area contributed by atoms with E-state index in [-0.39, 0.29) is 24.3 Å². The number of hydrogen-bond donors (Lipinski definition) is 0. The number of pyridine rings is 1. The van der Waals surface area contributed by atoms with Gasteiger partial charge in [-0.15, -0.1) is 0 Å². The maximum atomic E-state index is 14.6. The summed E-state index contributed by atoms with van der Waals surface area (Å²) in [5, 5.41) is 12.8. The number of carbonyl (C=O) groups is 1. The van der Waals surface area contributed by atoms with Crippen molar-refractivity contribution < 1.29 is 22.4 Å². The van der Waals surface area contributed by atoms with Gasteiger partial charge in [0.05, 0.1) is 41.3 Å². The number of aromatic nitrogens is 7. The van der Waals surface area contributed by atoms with E-state index in [1.807, 2.05) is 0 Å². The summed E-state index contributed by atoms with van der Waals surface area (Å²) in [6.07, 6.45) is -1.81. The first-order chi connectivity index (χ1) is 15.6. The Balaban J connectivity index is 1.49. The predicted molar refractivity (Wildman–Crippen MR) is 107 cm³/mol. The van der Waals surface area contributed by atoms with E-state index in [2.05, 4.69) is 20.3 Å². The number of halogens is 4. The molecule has 9 nitrogen and oxygen atoms in total. The Hall–Kier alpha value is -3.77. The number of hydrogen-bond acceptors (Lipinski definition) is 5. The Morgan fingerprint density at radius 3 is 2.52 bits per heavy atom. The molecule has 0 N–H and O–H groups in total. The molecule has 1 aliphatic heterocycles. The zero-order valence-electron chi connectivity index (χ0n) is 17.9. The molecule has 4 aromatic heterocycles. The van der Waals surface area contributed by atoms with Crippen LogP contribution in [0.1, 0.15) is 27.3 Å². The maximum Gasteiger partial charge on any atom is 0.433 e. The normalized spacial score (nSPS) is 14.2. The van der Waals surface area contributed by atoms with Gasteiger partial charge in [0.25, 0.3) is 5.91 Å². The number of fused-ring (bicyclic) bond motifs is 2. The molecule has 0 aliphatic carbocycles. The third-order valence-corrected chi connectivity index (χ3v) is 5.83. The van der Waals surface area contributed by atoms with Gasteiger partial charge in [-0.05, 0) is 12.5 Å². The van der Waals surface area contributed by atoms with Crippen LogP contribution in [0.15, 0.2) is 18.5 Å². The lowest BCUT2D eigenvalue weighted by Gasteiger charge is -2.26. The van der Waals surface area contributed by atoms with Gasteiger partial charge in [0, 0.05) is 33.3 Å². The van der Waals surface area contributed by atoms with Gasteiger partial charge in [-0.2, -0.15) is 28.5 Å². The van der Waals surface area contributed by atoms with E-state index < -0.39 is 23.6 Å². The number of nitrogens with zero attached hydrogens (tertiary/aromatic N) is 8. The summed E-state index contributed by atoms with van der Waals surface area (Å²) < 4.78 is 58.0. The van der Waals surface area contributed by atoms with E-state index in [0.717, 1.165) is 22.5 Å². The van der Waals surface area contributed by atoms with Crippen molar-refractivity contribution >= 4 is 16.9 Å². The first kappa shape index (κ1) is 21.1. The summed E-state index contributed by atoms with van der Waals surface area (Å²) in [6, 6.07) is 0.986. The fourth-order valence-corrected chi connectivity index (χ4v) is 4.31. The molecule has 0 unspecified atom stereocenters. The second-order valence-corrected chi connectivity index (χ2v) is 7.90. The van der Waals surface area contributed by atoms with Crippen LogP contribution in [0.4, 0.5) is 17.6 Å². The van der Waals surface area contributed by atoms with Crippen molar-refractivity contribution in [2.24, 2.45) is 21.1 Å². The minimum absolute atomic E-state index is 0.0878. The molecule has 13 heteroatoms. The number of aryl methyl sites for hydroxylation is 3. The monoisotopic (exact) mass is 462 g/mol. The van der Waals surface area contributed by atoms with Gasteiger partial charge in [0.1, 0.15) is 11.4 Å². The minimum Gasteiger partial charge on any atom is -0.332 e. The van der Waals surface area contributed by atoms with Crippen LogP contribution in [0.3, 0.4) is 0 Å². The molecule has 4 aromatic rings. The molecule has 0 radical (unpaired) electrons. The quantitative estimate of drug-likeness (QED) is 0.427. The molecule has 0 aromatic carbocycles. The maximum absolute atomic E-state index is 14.6. The topological polar surface area (TPSA) is 86.7 Å². The van der Waals surface area contributed by atoms with Crippen LogP contribution >= 0.6 is 0 Å². The molecule has 33 heavy (non-hydrogen) atoms. The number of amides is 1. The molecule has 1 aliphatic rings. The second kappa shape index (κ2) is 7.12. The van der Waals surface area contributed by atoms with Crippen molar-refractivity contribution in [2.45, 2.75) is 19.1 Å². The average molecular weight is 462 g/mol. The fourth-order valence-electron chi connectivity index (χ4n) is 4.31. The van der Waals surface area contributed by atoms with Crippen LogP contribution in [-0.4, -0.2) is 51.7 Å². The molecule has 1 amide bonds. The van der Waals surface area contributed by atoms with Crippen molar-refractivity contribution in [3.8, 4) is 11.4 Å². The Morgan fingerprint density at radius 1 is 1.06 bits per heavy atom. The smallest absolute Gasteiger partial charge is 0.332 e. The zero-order chi connectivity index (χ0) is 23.7. The number of carbonyl (C=O) groups excluding carboxylic acids is 1. The molecule has 0 fully saturated rings. The number of rotatable bonds is 2. The van der Waals surface area contributed by atoms with E-state index in [9.17, 15) is 22.4 Å². The van der Waals surface area contributed by atoms with Gasteiger partial charge in [-0.3, -0.25) is 18.8 Å². The van der Waals surface area contributed by atoms with Crippen molar-refractivity contribution in [2.75, 3.05) is 6.54 Å². The molecule has 5 rings (SSSR count). The molecule has 0 saturated carbocycles. The van der Waals surface area contributed by atoms with Crippen LogP contribution in [0.25, 0.3) is 22.4 Å². The summed E-state index contributed by atoms with van der Waals surface area (Å²) in [4.78, 5) is 18.7. The third-order valence-electron chi connectivity index (χ3n) is 5.83. The van der Waals surface area contributed by atoms with Gasteiger partial charge in [-0.1, -0.05) is 0 Å². The van der Waals surface area contributed by atoms with Gasteiger partial charge < -0.3 is 4.90 Å². The summed E-state index contributed by atoms with van der Waals surface area (Å²) in [6.45, 7) is 0.331. The standard InChI is InChI=1S/C20H18F4N8O/c1-29-15(20(22,23)24)6-13(27-29)17-10-4-5-32(9-14(10)28-30(17)2)19(33)16-11-7-26-31(3)18(11)25-8-12(16)21/h6-8H,4-5,9H2,1-3H3. The van der Waals surface area contributed by atoms with Gasteiger partial charge >= 0.3 is 6.18 Å². The molecule has 0 spiro atoms. The Morgan fingerprint density at radius 2 is 1.82 bits per heavy atom. The van der Waals surface area contributed by atoms with E-state index in [0.29, 0.717) is 28.8 Å². The lowest BCUT2D eigenvalue weighted by atomic mass is 10.0. The second-order valence-electron chi connectivity index (χ2n) is 7.90. The van der Waals surface area contributed by atoms with Crippen LogP contribution in [0, 0.1) is 5.82 Å². The van der Waals surface area contributed by atoms with Crippen LogP contribution < -0.4 is 0 Å². The highest BCUT2D eigenvalue weighted by Gasteiger charge is 2.36. The Labute approximate surface area is 184 Å². The largest absolute Gasteiger partial charge is 0.433 e. The Kier molecular flexibility index (Phi) is 4.55. The van der Waals surface area contributed by atoms with E-state index >= 15 is 0 Å². The van der Waals surface area contributed by atoms with Crippen LogP contribution in [0.5, 0.6) is 0 Å². The lowest BCUT2D eigenvalue weighted by molar-refractivity contribution is -0.143. The average Bonchev–Trinajstić information content (AvgIpc) is 3.40. The highest BCUT2D eigenvalue weighted by molar-refractivity contribution is 6.05. The van der Waals surface area contributed by atoms with Crippen LogP contribution in [0.2, 0.25) is 0 Å². The molecule has 5 heterocycles. The van der Waals surface area contributed by atoms with E-state index in [1.54, 1.807) is 14.1 Å². The summed E-state index contributed by atoms with van der Waals surface area (Å²) in [5.74, 6) is -1.27. The predicted octanol–water partition coefficient (Wildman–Crippen LogP) is 2.46. The van der Waals surface area contributed by atoms with Gasteiger partial charge in [0.15, 0.2) is 11.5 Å². The molecular formula is C20H18F4N8O. The van der Waals surface area contributed by atoms with Crippen molar-refractivity contribution in [3.05, 3.63) is 46.8 Å².